The zero-order valence-corrected chi connectivity index (χ0v) is 18.0. The fraction of sp³-hybridized carbons (Fsp3) is 0.524. The number of nitrogens with one attached hydrogen (secondary N) is 1. The monoisotopic (exact) mass is 415 g/mol. The number of H-pyrrole nitrogens is 1. The van der Waals surface area contributed by atoms with E-state index in [2.05, 4.69) is 15.1 Å². The molecule has 0 radical (unpaired) electrons. The van der Waals surface area contributed by atoms with Crippen molar-refractivity contribution in [1.29, 1.82) is 0 Å². The summed E-state index contributed by atoms with van der Waals surface area (Å²) in [6, 6.07) is 1.64. The molecular weight excluding hydrogens is 386 g/mol. The van der Waals surface area contributed by atoms with E-state index < -0.39 is 0 Å². The Morgan fingerprint density at radius 1 is 1.20 bits per heavy atom. The summed E-state index contributed by atoms with van der Waals surface area (Å²) < 4.78 is 12.0. The van der Waals surface area contributed by atoms with Crippen LogP contribution in [0.3, 0.4) is 0 Å². The van der Waals surface area contributed by atoms with Gasteiger partial charge in [0, 0.05) is 13.1 Å². The second-order valence-electron chi connectivity index (χ2n) is 8.33. The molecule has 9 heteroatoms. The van der Waals surface area contributed by atoms with E-state index in [0.29, 0.717) is 17.1 Å². The Morgan fingerprint density at radius 2 is 1.90 bits per heavy atom. The van der Waals surface area contributed by atoms with E-state index in [1.807, 2.05) is 32.6 Å². The first-order valence-corrected chi connectivity index (χ1v) is 10.2. The predicted molar refractivity (Wildman–Crippen MR) is 112 cm³/mol. The summed E-state index contributed by atoms with van der Waals surface area (Å²) in [6.07, 6.45) is 9.30. The van der Waals surface area contributed by atoms with Gasteiger partial charge in [-0.2, -0.15) is 5.10 Å². The lowest BCUT2D eigenvalue weighted by atomic mass is 10.2. The molecule has 1 saturated heterocycles. The highest BCUT2D eigenvalue weighted by atomic mass is 16.6. The van der Waals surface area contributed by atoms with Gasteiger partial charge in [0.05, 0.1) is 18.1 Å². The Balaban J connectivity index is 0.000000173. The number of fused-ring (bicyclic) bond motifs is 1. The quantitative estimate of drug-likeness (QED) is 0.648. The molecule has 1 fully saturated rings. The molecule has 1 N–H and O–H groups in total. The van der Waals surface area contributed by atoms with E-state index in [9.17, 15) is 9.59 Å². The van der Waals surface area contributed by atoms with E-state index in [1.54, 1.807) is 18.5 Å². The summed E-state index contributed by atoms with van der Waals surface area (Å²) in [5.74, 6) is 0.381. The van der Waals surface area contributed by atoms with Gasteiger partial charge in [0.1, 0.15) is 23.1 Å². The molecule has 0 aliphatic carbocycles. The smallest absolute Gasteiger partial charge is 0.410 e. The maximum Gasteiger partial charge on any atom is 0.410 e. The second kappa shape index (κ2) is 9.15. The SMILES string of the molecule is CC(C)(C)OC(=O)N1CCCCCC1.Cc1coc(-c2cn3nccc3c(=O)[nH]2)n1. The van der Waals surface area contributed by atoms with Crippen molar-refractivity contribution in [3.63, 3.8) is 0 Å². The molecule has 30 heavy (non-hydrogen) atoms. The number of likely N-dealkylation sites (tertiary alicyclic amines) is 1. The number of rotatable bonds is 1. The van der Waals surface area contributed by atoms with Crippen LogP contribution >= 0.6 is 0 Å². The molecule has 9 nitrogen and oxygen atoms in total. The predicted octanol–water partition coefficient (Wildman–Crippen LogP) is 3.78. The van der Waals surface area contributed by atoms with Crippen LogP contribution in [-0.4, -0.2) is 49.3 Å². The summed E-state index contributed by atoms with van der Waals surface area (Å²) >= 11 is 0. The number of aromatic nitrogens is 4. The van der Waals surface area contributed by atoms with Crippen LogP contribution in [0.5, 0.6) is 0 Å². The summed E-state index contributed by atoms with van der Waals surface area (Å²) in [6.45, 7) is 9.25. The number of hydrogen-bond donors (Lipinski definition) is 1. The van der Waals surface area contributed by atoms with Gasteiger partial charge < -0.3 is 19.0 Å². The van der Waals surface area contributed by atoms with Crippen molar-refractivity contribution in [2.24, 2.45) is 0 Å². The van der Waals surface area contributed by atoms with Crippen molar-refractivity contribution in [2.45, 2.75) is 59.0 Å². The van der Waals surface area contributed by atoms with Crippen LogP contribution in [0.15, 0.2) is 33.9 Å². The van der Waals surface area contributed by atoms with Crippen molar-refractivity contribution in [3.05, 3.63) is 40.8 Å². The molecule has 0 unspecified atom stereocenters. The molecule has 162 valence electrons. The lowest BCUT2D eigenvalue weighted by Gasteiger charge is -2.26. The molecule has 0 saturated carbocycles. The van der Waals surface area contributed by atoms with Crippen molar-refractivity contribution < 1.29 is 13.9 Å². The third-order valence-corrected chi connectivity index (χ3v) is 4.51. The first-order chi connectivity index (χ1) is 14.2. The number of hydrogen-bond acceptors (Lipinski definition) is 6. The number of carbonyl (C=O) groups excluding carboxylic acids is 1. The van der Waals surface area contributed by atoms with E-state index in [4.69, 9.17) is 9.15 Å². The maximum atomic E-state index is 11.7. The van der Waals surface area contributed by atoms with Gasteiger partial charge in [-0.25, -0.2) is 14.3 Å². The molecule has 0 spiro atoms. The highest BCUT2D eigenvalue weighted by molar-refractivity contribution is 5.68. The number of ether oxygens (including phenoxy) is 1. The van der Waals surface area contributed by atoms with Crippen molar-refractivity contribution >= 4 is 11.6 Å². The van der Waals surface area contributed by atoms with Crippen molar-refractivity contribution in [1.82, 2.24) is 24.5 Å². The van der Waals surface area contributed by atoms with Gasteiger partial charge in [0.2, 0.25) is 5.89 Å². The van der Waals surface area contributed by atoms with Crippen LogP contribution in [0.1, 0.15) is 52.1 Å². The number of oxazole rings is 1. The van der Waals surface area contributed by atoms with Gasteiger partial charge >= 0.3 is 6.09 Å². The number of aryl methyl sites for hydroxylation is 1. The summed E-state index contributed by atoms with van der Waals surface area (Å²) in [5, 5.41) is 4.00. The zero-order chi connectivity index (χ0) is 21.7. The highest BCUT2D eigenvalue weighted by Gasteiger charge is 2.22. The van der Waals surface area contributed by atoms with Gasteiger partial charge in [0.25, 0.3) is 5.56 Å². The second-order valence-corrected chi connectivity index (χ2v) is 8.33. The Kier molecular flexibility index (Phi) is 6.59. The van der Waals surface area contributed by atoms with Crippen LogP contribution in [0.25, 0.3) is 17.1 Å². The molecule has 1 aliphatic heterocycles. The fourth-order valence-corrected chi connectivity index (χ4v) is 3.10. The van der Waals surface area contributed by atoms with Gasteiger partial charge in [-0.05, 0) is 46.6 Å². The molecule has 0 bridgehead atoms. The van der Waals surface area contributed by atoms with E-state index in [1.165, 1.54) is 23.6 Å². The lowest BCUT2D eigenvalue weighted by molar-refractivity contribution is 0.0257. The Morgan fingerprint density at radius 3 is 2.50 bits per heavy atom. The molecule has 0 atom stereocenters. The van der Waals surface area contributed by atoms with Crippen LogP contribution in [0, 0.1) is 6.92 Å². The zero-order valence-electron chi connectivity index (χ0n) is 18.0. The first kappa shape index (κ1) is 21.6. The summed E-state index contributed by atoms with van der Waals surface area (Å²) in [4.78, 5) is 32.0. The topological polar surface area (TPSA) is 106 Å². The van der Waals surface area contributed by atoms with E-state index in [-0.39, 0.29) is 17.3 Å². The largest absolute Gasteiger partial charge is 0.444 e. The maximum absolute atomic E-state index is 11.7. The Hall–Kier alpha value is -3.10. The highest BCUT2D eigenvalue weighted by Crippen LogP contribution is 2.15. The third-order valence-electron chi connectivity index (χ3n) is 4.51. The molecule has 3 aromatic rings. The number of nitrogens with zero attached hydrogens (tertiary/aromatic N) is 4. The van der Waals surface area contributed by atoms with Crippen molar-refractivity contribution in [2.75, 3.05) is 13.1 Å². The number of aromatic amines is 1. The minimum atomic E-state index is -0.372. The summed E-state index contributed by atoms with van der Waals surface area (Å²) in [7, 11) is 0. The minimum absolute atomic E-state index is 0.153. The van der Waals surface area contributed by atoms with Crippen molar-refractivity contribution in [3.8, 4) is 11.6 Å². The van der Waals surface area contributed by atoms with Gasteiger partial charge in [-0.3, -0.25) is 4.79 Å². The van der Waals surface area contributed by atoms with Gasteiger partial charge in [-0.15, -0.1) is 0 Å². The minimum Gasteiger partial charge on any atom is -0.444 e. The average molecular weight is 415 g/mol. The number of amides is 1. The van der Waals surface area contributed by atoms with E-state index in [0.717, 1.165) is 31.6 Å². The van der Waals surface area contributed by atoms with Crippen LogP contribution in [0.2, 0.25) is 0 Å². The standard InChI is InChI=1S/C11H21NO2.C10H8N4O2/c1-11(2,3)14-10(13)12-8-6-4-5-7-9-12;1-6-5-16-10(12-6)7-4-14-8(2-3-11-14)9(15)13-7/h4-9H2,1-3H3;2-5H,1H3,(H,13,15). The molecule has 4 rings (SSSR count). The Bertz CT molecular complexity index is 1040. The van der Waals surface area contributed by atoms with E-state index >= 15 is 0 Å². The van der Waals surface area contributed by atoms with Crippen LogP contribution < -0.4 is 5.56 Å². The van der Waals surface area contributed by atoms with Gasteiger partial charge in [-0.1, -0.05) is 12.8 Å². The molecule has 4 heterocycles. The fourth-order valence-electron chi connectivity index (χ4n) is 3.10. The van der Waals surface area contributed by atoms with Crippen LogP contribution in [-0.2, 0) is 4.74 Å². The number of carbonyl (C=O) groups is 1. The first-order valence-electron chi connectivity index (χ1n) is 10.2. The molecule has 1 aliphatic rings. The molecule has 3 aromatic heterocycles. The lowest BCUT2D eigenvalue weighted by Crippen LogP contribution is -2.37. The van der Waals surface area contributed by atoms with Gasteiger partial charge in [0.15, 0.2) is 0 Å². The third kappa shape index (κ3) is 5.71. The molecule has 1 amide bonds. The average Bonchev–Trinajstić information content (AvgIpc) is 3.22. The molecule has 0 aromatic carbocycles. The normalized spacial score (nSPS) is 14.7. The Labute approximate surface area is 175 Å². The summed E-state index contributed by atoms with van der Waals surface area (Å²) in [5.41, 5.74) is 1.17. The van der Waals surface area contributed by atoms with Crippen LogP contribution in [0.4, 0.5) is 4.79 Å². The molecular formula is C21H29N5O4.